The van der Waals surface area contributed by atoms with Crippen LogP contribution in [0.5, 0.6) is 0 Å². The molecule has 2 aliphatic heterocycles. The van der Waals surface area contributed by atoms with E-state index in [1.807, 2.05) is 24.0 Å². The van der Waals surface area contributed by atoms with Crippen molar-refractivity contribution in [3.05, 3.63) is 47.9 Å². The fourth-order valence-electron chi connectivity index (χ4n) is 3.05. The van der Waals surface area contributed by atoms with Gasteiger partial charge in [0, 0.05) is 43.4 Å². The van der Waals surface area contributed by atoms with Gasteiger partial charge in [0.1, 0.15) is 0 Å². The normalized spacial score (nSPS) is 17.8. The Morgan fingerprint density at radius 2 is 1.88 bits per heavy atom. The Kier molecular flexibility index (Phi) is 4.99. The van der Waals surface area contributed by atoms with E-state index in [1.54, 1.807) is 0 Å². The zero-order valence-corrected chi connectivity index (χ0v) is 15.9. The average molecular weight is 369 g/mol. The molecule has 1 aromatic heterocycles. The average Bonchev–Trinajstić information content (AvgIpc) is 3.02. The van der Waals surface area contributed by atoms with Crippen LogP contribution in [0.1, 0.15) is 12.6 Å². The molecule has 0 aliphatic carbocycles. The highest BCUT2D eigenvalue weighted by Gasteiger charge is 2.19. The molecule has 0 saturated carbocycles. The predicted octanol–water partition coefficient (Wildman–Crippen LogP) is 3.38. The molecule has 1 fully saturated rings. The van der Waals surface area contributed by atoms with E-state index in [9.17, 15) is 0 Å². The Bertz CT molecular complexity index is 802. The SMILES string of the molecule is CC1=C(c2ccnc(Nc3ccc(N4CCOCC4)cc3)n2)SCN1C. The molecule has 2 aliphatic rings. The van der Waals surface area contributed by atoms with Crippen LogP contribution in [0, 0.1) is 0 Å². The summed E-state index contributed by atoms with van der Waals surface area (Å²) in [5.74, 6) is 1.59. The number of morpholine rings is 1. The maximum atomic E-state index is 5.41. The number of nitrogens with zero attached hydrogens (tertiary/aromatic N) is 4. The van der Waals surface area contributed by atoms with Gasteiger partial charge in [-0.3, -0.25) is 0 Å². The van der Waals surface area contributed by atoms with E-state index in [4.69, 9.17) is 9.72 Å². The van der Waals surface area contributed by atoms with Gasteiger partial charge < -0.3 is 19.9 Å². The van der Waals surface area contributed by atoms with Crippen molar-refractivity contribution in [3.63, 3.8) is 0 Å². The van der Waals surface area contributed by atoms with E-state index in [0.717, 1.165) is 43.6 Å². The first-order chi connectivity index (χ1) is 12.7. The Balaban J connectivity index is 1.48. The highest BCUT2D eigenvalue weighted by molar-refractivity contribution is 8.08. The van der Waals surface area contributed by atoms with E-state index in [1.165, 1.54) is 16.3 Å². The van der Waals surface area contributed by atoms with Crippen molar-refractivity contribution in [3.8, 4) is 0 Å². The highest BCUT2D eigenvalue weighted by Crippen LogP contribution is 2.37. The Hall–Kier alpha value is -2.25. The van der Waals surface area contributed by atoms with Crippen LogP contribution in [0.15, 0.2) is 42.2 Å². The summed E-state index contributed by atoms with van der Waals surface area (Å²) in [5, 5.41) is 3.31. The van der Waals surface area contributed by atoms with E-state index in [2.05, 4.69) is 58.3 Å². The minimum Gasteiger partial charge on any atom is -0.378 e. The van der Waals surface area contributed by atoms with E-state index >= 15 is 0 Å². The summed E-state index contributed by atoms with van der Waals surface area (Å²) in [6.07, 6.45) is 1.81. The number of aromatic nitrogens is 2. The van der Waals surface area contributed by atoms with Crippen molar-refractivity contribution in [2.75, 3.05) is 49.4 Å². The predicted molar refractivity (Wildman–Crippen MR) is 108 cm³/mol. The van der Waals surface area contributed by atoms with Gasteiger partial charge in [-0.15, -0.1) is 11.8 Å². The standard InChI is InChI=1S/C19H23N5OS/c1-14-18(26-13-23(14)2)17-7-8-20-19(22-17)21-15-3-5-16(6-4-15)24-9-11-25-12-10-24/h3-8H,9-13H2,1-2H3,(H,20,21,22). The van der Waals surface area contributed by atoms with Gasteiger partial charge in [0.05, 0.1) is 29.7 Å². The lowest BCUT2D eigenvalue weighted by Crippen LogP contribution is -2.36. The van der Waals surface area contributed by atoms with Gasteiger partial charge in [-0.05, 0) is 37.3 Å². The van der Waals surface area contributed by atoms with Crippen LogP contribution in [0.25, 0.3) is 4.91 Å². The van der Waals surface area contributed by atoms with Gasteiger partial charge in [-0.25, -0.2) is 9.97 Å². The van der Waals surface area contributed by atoms with Crippen LogP contribution in [-0.2, 0) is 4.74 Å². The maximum Gasteiger partial charge on any atom is 0.227 e. The molecule has 4 rings (SSSR count). The molecule has 6 nitrogen and oxygen atoms in total. The summed E-state index contributed by atoms with van der Waals surface area (Å²) >= 11 is 1.82. The van der Waals surface area contributed by atoms with Crippen molar-refractivity contribution in [2.45, 2.75) is 6.92 Å². The second kappa shape index (κ2) is 7.55. The van der Waals surface area contributed by atoms with Crippen LogP contribution in [0.3, 0.4) is 0 Å². The first-order valence-electron chi connectivity index (χ1n) is 8.79. The van der Waals surface area contributed by atoms with Crippen molar-refractivity contribution in [1.82, 2.24) is 14.9 Å². The number of ether oxygens (including phenoxy) is 1. The molecule has 0 amide bonds. The molecule has 3 heterocycles. The number of anilines is 3. The van der Waals surface area contributed by atoms with Gasteiger partial charge in [0.15, 0.2) is 0 Å². The van der Waals surface area contributed by atoms with Gasteiger partial charge in [0.25, 0.3) is 0 Å². The summed E-state index contributed by atoms with van der Waals surface area (Å²) < 4.78 is 5.41. The molecule has 7 heteroatoms. The summed E-state index contributed by atoms with van der Waals surface area (Å²) in [4.78, 5) is 14.9. The molecule has 136 valence electrons. The highest BCUT2D eigenvalue weighted by atomic mass is 32.2. The van der Waals surface area contributed by atoms with Crippen LogP contribution in [0.2, 0.25) is 0 Å². The van der Waals surface area contributed by atoms with Gasteiger partial charge >= 0.3 is 0 Å². The molecular formula is C19H23N5OS. The minimum absolute atomic E-state index is 0.622. The summed E-state index contributed by atoms with van der Waals surface area (Å²) in [5.41, 5.74) is 4.44. The first kappa shape index (κ1) is 17.2. The number of hydrogen-bond acceptors (Lipinski definition) is 7. The monoisotopic (exact) mass is 369 g/mol. The van der Waals surface area contributed by atoms with Crippen molar-refractivity contribution < 1.29 is 4.74 Å². The van der Waals surface area contributed by atoms with E-state index < -0.39 is 0 Å². The number of benzene rings is 1. The zero-order chi connectivity index (χ0) is 17.9. The van der Waals surface area contributed by atoms with Gasteiger partial charge in [-0.2, -0.15) is 0 Å². The Morgan fingerprint density at radius 1 is 1.12 bits per heavy atom. The fourth-order valence-corrected chi connectivity index (χ4v) is 4.19. The second-order valence-electron chi connectivity index (χ2n) is 6.42. The lowest BCUT2D eigenvalue weighted by atomic mass is 10.2. The number of hydrogen-bond donors (Lipinski definition) is 1. The van der Waals surface area contributed by atoms with Crippen LogP contribution in [-0.4, -0.2) is 54.1 Å². The maximum absolute atomic E-state index is 5.41. The lowest BCUT2D eigenvalue weighted by Gasteiger charge is -2.28. The van der Waals surface area contributed by atoms with E-state index in [-0.39, 0.29) is 0 Å². The molecule has 0 spiro atoms. The Labute approximate surface area is 158 Å². The number of allylic oxidation sites excluding steroid dienone is 1. The van der Waals surface area contributed by atoms with Crippen LogP contribution in [0.4, 0.5) is 17.3 Å². The topological polar surface area (TPSA) is 53.5 Å². The molecule has 2 aromatic rings. The first-order valence-corrected chi connectivity index (χ1v) is 9.77. The van der Waals surface area contributed by atoms with Gasteiger partial charge in [-0.1, -0.05) is 0 Å². The third-order valence-electron chi connectivity index (χ3n) is 4.69. The van der Waals surface area contributed by atoms with Crippen molar-refractivity contribution in [1.29, 1.82) is 0 Å². The van der Waals surface area contributed by atoms with Gasteiger partial charge in [0.2, 0.25) is 5.95 Å². The zero-order valence-electron chi connectivity index (χ0n) is 15.1. The third kappa shape index (κ3) is 3.64. The summed E-state index contributed by atoms with van der Waals surface area (Å²) in [6.45, 7) is 5.61. The number of nitrogens with one attached hydrogen (secondary N) is 1. The van der Waals surface area contributed by atoms with Crippen molar-refractivity contribution in [2.24, 2.45) is 0 Å². The number of thioether (sulfide) groups is 1. The molecule has 26 heavy (non-hydrogen) atoms. The molecule has 1 aromatic carbocycles. The molecular weight excluding hydrogens is 346 g/mol. The number of rotatable bonds is 4. The minimum atomic E-state index is 0.622. The largest absolute Gasteiger partial charge is 0.378 e. The summed E-state index contributed by atoms with van der Waals surface area (Å²) in [7, 11) is 2.10. The smallest absolute Gasteiger partial charge is 0.227 e. The second-order valence-corrected chi connectivity index (χ2v) is 7.38. The van der Waals surface area contributed by atoms with Crippen LogP contribution >= 0.6 is 11.8 Å². The molecule has 0 bridgehead atoms. The van der Waals surface area contributed by atoms with Crippen molar-refractivity contribution >= 4 is 34.0 Å². The van der Waals surface area contributed by atoms with Crippen LogP contribution < -0.4 is 10.2 Å². The Morgan fingerprint density at radius 3 is 2.58 bits per heavy atom. The molecule has 1 saturated heterocycles. The third-order valence-corrected chi connectivity index (χ3v) is 6.00. The fraction of sp³-hybridized carbons (Fsp3) is 0.368. The molecule has 0 unspecified atom stereocenters. The quantitative estimate of drug-likeness (QED) is 0.886. The molecule has 0 radical (unpaired) electrons. The molecule has 0 atom stereocenters. The summed E-state index contributed by atoms with van der Waals surface area (Å²) in [6, 6.07) is 10.4. The lowest BCUT2D eigenvalue weighted by molar-refractivity contribution is 0.122. The van der Waals surface area contributed by atoms with E-state index in [0.29, 0.717) is 5.95 Å². The molecule has 1 N–H and O–H groups in total.